The summed E-state index contributed by atoms with van der Waals surface area (Å²) in [5.74, 6) is -1.95. The molecule has 0 aliphatic heterocycles. The fourth-order valence-corrected chi connectivity index (χ4v) is 1.52. The summed E-state index contributed by atoms with van der Waals surface area (Å²) in [5, 5.41) is -0.460. The molecule has 0 aromatic carbocycles. The Hall–Kier alpha value is -1.04. The number of hydrogen-bond donors (Lipinski definition) is 0. The van der Waals surface area contributed by atoms with Crippen LogP contribution in [0.2, 0.25) is 0 Å². The number of ether oxygens (including phenoxy) is 2. The second kappa shape index (κ2) is 8.15. The van der Waals surface area contributed by atoms with Crippen molar-refractivity contribution in [3.8, 4) is 0 Å². The number of ketones is 1. The number of rotatable bonds is 7. The third-order valence-corrected chi connectivity index (χ3v) is 2.71. The molecule has 0 N–H and O–H groups in total. The van der Waals surface area contributed by atoms with Crippen molar-refractivity contribution >= 4 is 29.5 Å². The van der Waals surface area contributed by atoms with E-state index < -0.39 is 17.0 Å². The first-order valence-corrected chi connectivity index (χ1v) is 6.05. The van der Waals surface area contributed by atoms with Gasteiger partial charge in [-0.2, -0.15) is 0 Å². The molecule has 0 heterocycles. The largest absolute Gasteiger partial charge is 0.465 e. The minimum atomic E-state index is -0.856. The number of carbonyl (C=O) groups excluding carboxylic acids is 3. The van der Waals surface area contributed by atoms with Crippen LogP contribution in [0.15, 0.2) is 0 Å². The van der Waals surface area contributed by atoms with E-state index in [2.05, 4.69) is 4.74 Å². The van der Waals surface area contributed by atoms with E-state index in [9.17, 15) is 14.4 Å². The first kappa shape index (κ1) is 15.0. The van der Waals surface area contributed by atoms with E-state index in [4.69, 9.17) is 4.74 Å². The Morgan fingerprint density at radius 1 is 1.12 bits per heavy atom. The lowest BCUT2D eigenvalue weighted by molar-refractivity contribution is -0.152. The third kappa shape index (κ3) is 5.75. The van der Waals surface area contributed by atoms with Crippen LogP contribution in [0.5, 0.6) is 0 Å². The Labute approximate surface area is 98.9 Å². The van der Waals surface area contributed by atoms with E-state index >= 15 is 0 Å². The molecule has 0 rings (SSSR count). The van der Waals surface area contributed by atoms with Crippen LogP contribution in [0, 0.1) is 0 Å². The maximum absolute atomic E-state index is 11.2. The van der Waals surface area contributed by atoms with E-state index in [1.165, 1.54) is 0 Å². The van der Waals surface area contributed by atoms with Crippen LogP contribution in [-0.4, -0.2) is 41.9 Å². The number of carbonyl (C=O) groups is 3. The maximum Gasteiger partial charge on any atom is 0.375 e. The molecule has 92 valence electrons. The molecule has 16 heavy (non-hydrogen) atoms. The minimum absolute atomic E-state index is 0.0706. The molecule has 0 spiro atoms. The first-order chi connectivity index (χ1) is 7.52. The van der Waals surface area contributed by atoms with Gasteiger partial charge in [0.25, 0.3) is 0 Å². The average molecular weight is 248 g/mol. The second-order valence-electron chi connectivity index (χ2n) is 2.85. The molecule has 0 amide bonds. The molecule has 0 bridgehead atoms. The average Bonchev–Trinajstić information content (AvgIpc) is 2.25. The predicted molar refractivity (Wildman–Crippen MR) is 60.2 cm³/mol. The van der Waals surface area contributed by atoms with Crippen molar-refractivity contribution in [1.82, 2.24) is 0 Å². The van der Waals surface area contributed by atoms with Crippen LogP contribution in [0.4, 0.5) is 0 Å². The monoisotopic (exact) mass is 248 g/mol. The Morgan fingerprint density at radius 3 is 2.19 bits per heavy atom. The van der Waals surface area contributed by atoms with Gasteiger partial charge in [-0.25, -0.2) is 4.79 Å². The number of esters is 2. The van der Waals surface area contributed by atoms with Gasteiger partial charge in [0, 0.05) is 0 Å². The number of hydrogen-bond acceptors (Lipinski definition) is 6. The SMILES string of the molecule is CCOC(=O)C(=O)CSC(C)C(=O)OCC. The van der Waals surface area contributed by atoms with E-state index in [-0.39, 0.29) is 18.3 Å². The lowest BCUT2D eigenvalue weighted by Crippen LogP contribution is -2.23. The molecule has 0 aliphatic carbocycles. The standard InChI is InChI=1S/C10H16O5S/c1-4-14-9(12)7(3)16-6-8(11)10(13)15-5-2/h7H,4-6H2,1-3H3. The van der Waals surface area contributed by atoms with E-state index in [1.54, 1.807) is 20.8 Å². The third-order valence-electron chi connectivity index (χ3n) is 1.59. The van der Waals surface area contributed by atoms with Gasteiger partial charge in [0.2, 0.25) is 5.78 Å². The van der Waals surface area contributed by atoms with Crippen LogP contribution in [-0.2, 0) is 23.9 Å². The Bertz CT molecular complexity index is 264. The normalized spacial score (nSPS) is 11.7. The van der Waals surface area contributed by atoms with Gasteiger partial charge in [0.15, 0.2) is 0 Å². The Balaban J connectivity index is 3.91. The van der Waals surface area contributed by atoms with Crippen molar-refractivity contribution in [2.24, 2.45) is 0 Å². The zero-order valence-corrected chi connectivity index (χ0v) is 10.5. The summed E-state index contributed by atoms with van der Waals surface area (Å²) in [4.78, 5) is 33.3. The van der Waals surface area contributed by atoms with Gasteiger partial charge >= 0.3 is 11.9 Å². The summed E-state index contributed by atoms with van der Waals surface area (Å²) >= 11 is 1.06. The highest BCUT2D eigenvalue weighted by Gasteiger charge is 2.20. The Kier molecular flexibility index (Phi) is 7.62. The smallest absolute Gasteiger partial charge is 0.375 e. The fraction of sp³-hybridized carbons (Fsp3) is 0.700. The van der Waals surface area contributed by atoms with Crippen LogP contribution < -0.4 is 0 Å². The molecular weight excluding hydrogens is 232 g/mol. The molecule has 0 aromatic heterocycles. The first-order valence-electron chi connectivity index (χ1n) is 5.01. The minimum Gasteiger partial charge on any atom is -0.465 e. The molecule has 0 fully saturated rings. The van der Waals surface area contributed by atoms with Crippen molar-refractivity contribution in [3.63, 3.8) is 0 Å². The molecule has 1 unspecified atom stereocenters. The van der Waals surface area contributed by atoms with Crippen LogP contribution in [0.25, 0.3) is 0 Å². The fourth-order valence-electron chi connectivity index (χ4n) is 0.799. The predicted octanol–water partition coefficient (Wildman–Crippen LogP) is 0.803. The van der Waals surface area contributed by atoms with Gasteiger partial charge in [-0.3, -0.25) is 9.59 Å². The van der Waals surface area contributed by atoms with E-state index in [0.717, 1.165) is 11.8 Å². The van der Waals surface area contributed by atoms with Gasteiger partial charge in [-0.15, -0.1) is 11.8 Å². The summed E-state index contributed by atoms with van der Waals surface area (Å²) in [7, 11) is 0. The van der Waals surface area contributed by atoms with Gasteiger partial charge in [0.1, 0.15) is 5.25 Å². The van der Waals surface area contributed by atoms with Gasteiger partial charge in [-0.1, -0.05) is 0 Å². The van der Waals surface area contributed by atoms with Crippen LogP contribution in [0.1, 0.15) is 20.8 Å². The van der Waals surface area contributed by atoms with E-state index in [0.29, 0.717) is 6.61 Å². The molecule has 0 aliphatic rings. The van der Waals surface area contributed by atoms with Crippen LogP contribution >= 0.6 is 11.8 Å². The van der Waals surface area contributed by atoms with Gasteiger partial charge < -0.3 is 9.47 Å². The van der Waals surface area contributed by atoms with Gasteiger partial charge in [-0.05, 0) is 20.8 Å². The van der Waals surface area contributed by atoms with Crippen molar-refractivity contribution in [1.29, 1.82) is 0 Å². The van der Waals surface area contributed by atoms with E-state index in [1.807, 2.05) is 0 Å². The summed E-state index contributed by atoms with van der Waals surface area (Å²) < 4.78 is 9.28. The highest BCUT2D eigenvalue weighted by molar-refractivity contribution is 8.01. The maximum atomic E-state index is 11.2. The molecular formula is C10H16O5S. The molecule has 5 nitrogen and oxygen atoms in total. The number of Topliss-reactive ketones (excluding diaryl/α,β-unsaturated/α-hetero) is 1. The van der Waals surface area contributed by atoms with Crippen LogP contribution in [0.3, 0.4) is 0 Å². The lowest BCUT2D eigenvalue weighted by Gasteiger charge is -2.08. The quantitative estimate of drug-likeness (QED) is 0.490. The van der Waals surface area contributed by atoms with Crippen molar-refractivity contribution in [3.05, 3.63) is 0 Å². The topological polar surface area (TPSA) is 69.7 Å². The number of thioether (sulfide) groups is 1. The van der Waals surface area contributed by atoms with Gasteiger partial charge in [0.05, 0.1) is 19.0 Å². The summed E-state index contributed by atoms with van der Waals surface area (Å²) in [6.07, 6.45) is 0. The molecule has 0 saturated heterocycles. The van der Waals surface area contributed by atoms with Crippen molar-refractivity contribution < 1.29 is 23.9 Å². The van der Waals surface area contributed by atoms with Crippen molar-refractivity contribution in [2.45, 2.75) is 26.0 Å². The molecule has 0 radical (unpaired) electrons. The zero-order chi connectivity index (χ0) is 12.6. The van der Waals surface area contributed by atoms with Crippen molar-refractivity contribution in [2.75, 3.05) is 19.0 Å². The summed E-state index contributed by atoms with van der Waals surface area (Å²) in [6.45, 7) is 5.43. The molecule has 1 atom stereocenters. The molecule has 0 aromatic rings. The summed E-state index contributed by atoms with van der Waals surface area (Å²) in [5.41, 5.74) is 0. The highest BCUT2D eigenvalue weighted by atomic mass is 32.2. The second-order valence-corrected chi connectivity index (χ2v) is 4.18. The molecule has 0 saturated carbocycles. The molecule has 6 heteroatoms. The zero-order valence-electron chi connectivity index (χ0n) is 9.65. The lowest BCUT2D eigenvalue weighted by atomic mass is 10.4. The summed E-state index contributed by atoms with van der Waals surface area (Å²) in [6, 6.07) is 0. The Morgan fingerprint density at radius 2 is 1.69 bits per heavy atom. The highest BCUT2D eigenvalue weighted by Crippen LogP contribution is 2.12.